The zero-order valence-electron chi connectivity index (χ0n) is 7.60. The summed E-state index contributed by atoms with van der Waals surface area (Å²) < 4.78 is 0. The van der Waals surface area contributed by atoms with E-state index in [4.69, 9.17) is 0 Å². The average molecular weight is 166 g/mol. The molecule has 2 nitrogen and oxygen atoms in total. The zero-order valence-corrected chi connectivity index (χ0v) is 7.60. The first-order chi connectivity index (χ1) is 5.89. The summed E-state index contributed by atoms with van der Waals surface area (Å²) in [5, 5.41) is 7.06. The third-order valence-electron chi connectivity index (χ3n) is 4.25. The average Bonchev–Trinajstić information content (AvgIpc) is 2.63. The van der Waals surface area contributed by atoms with Crippen molar-refractivity contribution in [1.82, 2.24) is 10.6 Å². The molecule has 2 heteroatoms. The summed E-state index contributed by atoms with van der Waals surface area (Å²) >= 11 is 0. The first kappa shape index (κ1) is 7.34. The van der Waals surface area contributed by atoms with Gasteiger partial charge in [-0.25, -0.2) is 0 Å². The number of piperidine rings is 1. The van der Waals surface area contributed by atoms with Crippen molar-refractivity contribution in [3.8, 4) is 0 Å². The molecule has 0 aromatic carbocycles. The molecule has 0 aromatic heterocycles. The van der Waals surface area contributed by atoms with Gasteiger partial charge < -0.3 is 10.6 Å². The Kier molecular flexibility index (Phi) is 1.50. The minimum Gasteiger partial charge on any atom is -0.317 e. The van der Waals surface area contributed by atoms with Crippen molar-refractivity contribution in [2.24, 2.45) is 11.3 Å². The largest absolute Gasteiger partial charge is 0.317 e. The summed E-state index contributed by atoms with van der Waals surface area (Å²) in [5.41, 5.74) is 0.757. The van der Waals surface area contributed by atoms with E-state index in [1.165, 1.54) is 45.3 Å². The number of nitrogens with one attached hydrogen (secondary N) is 2. The molecule has 3 heterocycles. The number of hydrogen-bond acceptors (Lipinski definition) is 2. The molecule has 12 heavy (non-hydrogen) atoms. The first-order valence-corrected chi connectivity index (χ1v) is 5.33. The predicted molar refractivity (Wildman–Crippen MR) is 49.1 cm³/mol. The van der Waals surface area contributed by atoms with E-state index in [0.717, 1.165) is 17.4 Å². The Morgan fingerprint density at radius 3 is 2.42 bits per heavy atom. The van der Waals surface area contributed by atoms with Crippen LogP contribution in [0.5, 0.6) is 0 Å². The monoisotopic (exact) mass is 166 g/mol. The van der Waals surface area contributed by atoms with Crippen LogP contribution in [0.1, 0.15) is 25.7 Å². The van der Waals surface area contributed by atoms with E-state index in [0.29, 0.717) is 0 Å². The van der Waals surface area contributed by atoms with Crippen LogP contribution in [-0.2, 0) is 0 Å². The molecule has 1 aliphatic carbocycles. The van der Waals surface area contributed by atoms with E-state index >= 15 is 0 Å². The predicted octanol–water partition coefficient (Wildman–Crippen LogP) is 0.738. The Labute approximate surface area is 74.1 Å². The molecule has 2 N–H and O–H groups in total. The first-order valence-electron chi connectivity index (χ1n) is 5.33. The van der Waals surface area contributed by atoms with Crippen molar-refractivity contribution in [2.75, 3.05) is 19.6 Å². The maximum atomic E-state index is 3.61. The minimum absolute atomic E-state index is 0.757. The quantitative estimate of drug-likeness (QED) is 0.600. The van der Waals surface area contributed by atoms with Crippen LogP contribution in [0.15, 0.2) is 0 Å². The fraction of sp³-hybridized carbons (Fsp3) is 1.00. The summed E-state index contributed by atoms with van der Waals surface area (Å²) in [4.78, 5) is 0. The lowest BCUT2D eigenvalue weighted by atomic mass is 9.60. The number of hydrogen-bond donors (Lipinski definition) is 2. The van der Waals surface area contributed by atoms with E-state index in [1.54, 1.807) is 0 Å². The van der Waals surface area contributed by atoms with Gasteiger partial charge in [0.25, 0.3) is 0 Å². The molecule has 68 valence electrons. The molecule has 0 unspecified atom stereocenters. The molecule has 0 atom stereocenters. The standard InChI is InChI=1S/C10H18N2/c1-3-11-4-2-8(1)10-5-9(6-10)12-7-10/h8-9,11-12H,1-7H2. The zero-order chi connectivity index (χ0) is 8.02. The van der Waals surface area contributed by atoms with Crippen LogP contribution in [-0.4, -0.2) is 25.7 Å². The molecule has 1 saturated carbocycles. The topological polar surface area (TPSA) is 24.1 Å². The van der Waals surface area contributed by atoms with E-state index in [2.05, 4.69) is 10.6 Å². The van der Waals surface area contributed by atoms with Gasteiger partial charge in [-0.1, -0.05) is 0 Å². The Bertz CT molecular complexity index is 173. The van der Waals surface area contributed by atoms with Crippen LogP contribution in [0.3, 0.4) is 0 Å². The molecule has 4 fully saturated rings. The van der Waals surface area contributed by atoms with Gasteiger partial charge in [-0.15, -0.1) is 0 Å². The summed E-state index contributed by atoms with van der Waals surface area (Å²) in [6.07, 6.45) is 5.82. The Hall–Kier alpha value is -0.0800. The SMILES string of the molecule is C1CC(C23CNC(C2)C3)CCN1. The van der Waals surface area contributed by atoms with Crippen molar-refractivity contribution < 1.29 is 0 Å². The highest BCUT2D eigenvalue weighted by molar-refractivity contribution is 5.09. The fourth-order valence-corrected chi connectivity index (χ4v) is 3.47. The van der Waals surface area contributed by atoms with E-state index in [-0.39, 0.29) is 0 Å². The van der Waals surface area contributed by atoms with E-state index in [1.807, 2.05) is 0 Å². The third kappa shape index (κ3) is 0.882. The van der Waals surface area contributed by atoms with Crippen molar-refractivity contribution in [1.29, 1.82) is 0 Å². The molecule has 3 aliphatic heterocycles. The van der Waals surface area contributed by atoms with Crippen LogP contribution in [0.25, 0.3) is 0 Å². The highest BCUT2D eigenvalue weighted by Crippen LogP contribution is 2.53. The van der Waals surface area contributed by atoms with Crippen molar-refractivity contribution in [3.05, 3.63) is 0 Å². The Morgan fingerprint density at radius 2 is 1.83 bits per heavy atom. The van der Waals surface area contributed by atoms with Gasteiger partial charge in [0.05, 0.1) is 0 Å². The van der Waals surface area contributed by atoms with Gasteiger partial charge in [0.15, 0.2) is 0 Å². The molecular weight excluding hydrogens is 148 g/mol. The van der Waals surface area contributed by atoms with Gasteiger partial charge in [0.1, 0.15) is 0 Å². The lowest BCUT2D eigenvalue weighted by molar-refractivity contribution is 0.0770. The Morgan fingerprint density at radius 1 is 1.08 bits per heavy atom. The van der Waals surface area contributed by atoms with Crippen molar-refractivity contribution >= 4 is 0 Å². The van der Waals surface area contributed by atoms with Crippen LogP contribution >= 0.6 is 0 Å². The van der Waals surface area contributed by atoms with Gasteiger partial charge >= 0.3 is 0 Å². The second-order valence-corrected chi connectivity index (χ2v) is 4.87. The second kappa shape index (κ2) is 2.46. The van der Waals surface area contributed by atoms with Gasteiger partial charge in [-0.05, 0) is 50.1 Å². The van der Waals surface area contributed by atoms with Gasteiger partial charge in [-0.2, -0.15) is 0 Å². The Balaban J connectivity index is 1.71. The summed E-state index contributed by atoms with van der Waals surface area (Å²) in [6.45, 7) is 3.84. The molecule has 0 aromatic rings. The minimum atomic E-state index is 0.757. The molecule has 3 saturated heterocycles. The fourth-order valence-electron chi connectivity index (χ4n) is 3.47. The highest BCUT2D eigenvalue weighted by Gasteiger charge is 2.54. The smallest absolute Gasteiger partial charge is 0.00790 e. The van der Waals surface area contributed by atoms with Crippen LogP contribution in [0, 0.1) is 11.3 Å². The normalized spacial score (nSPS) is 47.5. The van der Waals surface area contributed by atoms with Crippen LogP contribution < -0.4 is 10.6 Å². The number of rotatable bonds is 1. The van der Waals surface area contributed by atoms with Gasteiger partial charge in [0.2, 0.25) is 0 Å². The molecular formula is C10H18N2. The van der Waals surface area contributed by atoms with Gasteiger partial charge in [0, 0.05) is 12.6 Å². The van der Waals surface area contributed by atoms with E-state index in [9.17, 15) is 0 Å². The van der Waals surface area contributed by atoms with E-state index < -0.39 is 0 Å². The van der Waals surface area contributed by atoms with Crippen molar-refractivity contribution in [3.63, 3.8) is 0 Å². The summed E-state index contributed by atoms with van der Waals surface area (Å²) in [7, 11) is 0. The molecule has 2 bridgehead atoms. The maximum Gasteiger partial charge on any atom is 0.00790 e. The molecule has 0 radical (unpaired) electrons. The third-order valence-corrected chi connectivity index (χ3v) is 4.25. The summed E-state index contributed by atoms with van der Waals surface area (Å²) in [6, 6.07) is 0.903. The molecule has 4 rings (SSSR count). The summed E-state index contributed by atoms with van der Waals surface area (Å²) in [5.74, 6) is 1.03. The lowest BCUT2D eigenvalue weighted by Gasteiger charge is -2.45. The molecule has 4 aliphatic rings. The number of fused-ring (bicyclic) bond motifs is 1. The molecule has 0 spiro atoms. The van der Waals surface area contributed by atoms with Crippen LogP contribution in [0.4, 0.5) is 0 Å². The second-order valence-electron chi connectivity index (χ2n) is 4.87. The van der Waals surface area contributed by atoms with Gasteiger partial charge in [-0.3, -0.25) is 0 Å². The lowest BCUT2D eigenvalue weighted by Crippen LogP contribution is -2.44. The maximum absolute atomic E-state index is 3.61. The molecule has 0 amide bonds. The highest BCUT2D eigenvalue weighted by atomic mass is 15.0. The van der Waals surface area contributed by atoms with Crippen molar-refractivity contribution in [2.45, 2.75) is 31.7 Å². The van der Waals surface area contributed by atoms with Crippen LogP contribution in [0.2, 0.25) is 0 Å².